The Labute approximate surface area is 142 Å². The molecule has 0 aromatic carbocycles. The van der Waals surface area contributed by atoms with Gasteiger partial charge in [-0.15, -0.1) is 0 Å². The normalized spacial score (nSPS) is 52.6. The first-order valence-electron chi connectivity index (χ1n) is 10.2. The molecule has 0 saturated heterocycles. The number of rotatable bonds is 1. The summed E-state index contributed by atoms with van der Waals surface area (Å²) < 4.78 is 0. The van der Waals surface area contributed by atoms with Gasteiger partial charge in [-0.25, -0.2) is 0 Å². The second kappa shape index (κ2) is 5.35. The molecule has 0 unspecified atom stereocenters. The minimum atomic E-state index is -0.0727. The zero-order valence-corrected chi connectivity index (χ0v) is 15.6. The third-order valence-corrected chi connectivity index (χ3v) is 8.96. The summed E-state index contributed by atoms with van der Waals surface area (Å²) in [4.78, 5) is 0. The van der Waals surface area contributed by atoms with E-state index >= 15 is 0 Å². The van der Waals surface area contributed by atoms with Gasteiger partial charge in [0.2, 0.25) is 0 Å². The fourth-order valence-electron chi connectivity index (χ4n) is 7.78. The van der Waals surface area contributed by atoms with Crippen LogP contribution in [0.2, 0.25) is 0 Å². The van der Waals surface area contributed by atoms with Crippen molar-refractivity contribution in [3.8, 4) is 0 Å². The van der Waals surface area contributed by atoms with Crippen molar-refractivity contribution in [3.63, 3.8) is 0 Å². The topological polar surface area (TPSA) is 20.2 Å². The third kappa shape index (κ3) is 2.21. The minimum absolute atomic E-state index is 0.0727. The molecule has 130 valence electrons. The number of hydrogen-bond donors (Lipinski definition) is 1. The predicted molar refractivity (Wildman–Crippen MR) is 96.0 cm³/mol. The van der Waals surface area contributed by atoms with Gasteiger partial charge in [-0.2, -0.15) is 0 Å². The molecule has 0 aromatic heterocycles. The van der Waals surface area contributed by atoms with Crippen molar-refractivity contribution in [2.75, 3.05) is 0 Å². The Morgan fingerprint density at radius 2 is 1.83 bits per heavy atom. The van der Waals surface area contributed by atoms with Gasteiger partial charge in [-0.1, -0.05) is 39.3 Å². The van der Waals surface area contributed by atoms with Crippen LogP contribution in [0.1, 0.15) is 79.1 Å². The molecule has 1 nitrogen and oxygen atoms in total. The summed E-state index contributed by atoms with van der Waals surface area (Å²) in [5, 5.41) is 10.1. The Bertz CT molecular complexity index is 506. The molecule has 0 radical (unpaired) electrons. The van der Waals surface area contributed by atoms with Crippen molar-refractivity contribution < 1.29 is 5.11 Å². The molecule has 0 heterocycles. The summed E-state index contributed by atoms with van der Waals surface area (Å²) in [5.41, 5.74) is 2.62. The summed E-state index contributed by atoms with van der Waals surface area (Å²) in [6, 6.07) is 0. The van der Waals surface area contributed by atoms with Crippen LogP contribution in [0.4, 0.5) is 0 Å². The van der Waals surface area contributed by atoms with Crippen LogP contribution in [-0.4, -0.2) is 11.2 Å². The molecular weight excluding hydrogens is 280 g/mol. The van der Waals surface area contributed by atoms with Gasteiger partial charge in [0.15, 0.2) is 0 Å². The van der Waals surface area contributed by atoms with Crippen LogP contribution in [0.5, 0.6) is 0 Å². The minimum Gasteiger partial charge on any atom is -0.393 e. The quantitative estimate of drug-likeness (QED) is 0.626. The molecule has 4 aliphatic rings. The van der Waals surface area contributed by atoms with E-state index in [2.05, 4.69) is 33.8 Å². The highest BCUT2D eigenvalue weighted by atomic mass is 16.3. The van der Waals surface area contributed by atoms with Crippen LogP contribution < -0.4 is 0 Å². The van der Waals surface area contributed by atoms with Crippen LogP contribution in [0.15, 0.2) is 11.6 Å². The van der Waals surface area contributed by atoms with Crippen LogP contribution in [0.25, 0.3) is 0 Å². The Morgan fingerprint density at radius 1 is 1.04 bits per heavy atom. The van der Waals surface area contributed by atoms with Crippen molar-refractivity contribution in [1.29, 1.82) is 0 Å². The van der Waals surface area contributed by atoms with E-state index in [4.69, 9.17) is 0 Å². The van der Waals surface area contributed by atoms with Crippen LogP contribution in [0, 0.1) is 40.4 Å². The second-order valence-electron chi connectivity index (χ2n) is 10.1. The smallest absolute Gasteiger partial charge is 0.0577 e. The fraction of sp³-hybridized carbons (Fsp3) is 0.909. The van der Waals surface area contributed by atoms with Gasteiger partial charge in [-0.05, 0) is 91.8 Å². The zero-order chi connectivity index (χ0) is 16.4. The molecule has 7 atom stereocenters. The lowest BCUT2D eigenvalue weighted by molar-refractivity contribution is -0.0556. The first-order valence-corrected chi connectivity index (χ1v) is 10.2. The molecule has 3 fully saturated rings. The molecule has 23 heavy (non-hydrogen) atoms. The molecule has 0 amide bonds. The Morgan fingerprint density at radius 3 is 2.57 bits per heavy atom. The Balaban J connectivity index is 1.65. The highest BCUT2D eigenvalue weighted by molar-refractivity contribution is 5.25. The van der Waals surface area contributed by atoms with E-state index in [0.29, 0.717) is 10.8 Å². The van der Waals surface area contributed by atoms with Crippen LogP contribution in [-0.2, 0) is 0 Å². The largest absolute Gasteiger partial charge is 0.393 e. The van der Waals surface area contributed by atoms with E-state index in [9.17, 15) is 5.11 Å². The van der Waals surface area contributed by atoms with Crippen LogP contribution >= 0.6 is 0 Å². The predicted octanol–water partition coefficient (Wildman–Crippen LogP) is 5.58. The summed E-state index contributed by atoms with van der Waals surface area (Å²) in [5.74, 6) is 4.55. The highest BCUT2D eigenvalue weighted by Crippen LogP contribution is 2.67. The van der Waals surface area contributed by atoms with Crippen molar-refractivity contribution in [1.82, 2.24) is 0 Å². The molecular formula is C22H36O. The fourth-order valence-corrected chi connectivity index (χ4v) is 7.78. The average molecular weight is 317 g/mol. The maximum absolute atomic E-state index is 10.1. The SMILES string of the molecule is CC(C)[C@@H]1CC[C@@H]2[C@H]3CC=C4C[C@H](O)CC[C@@]4(C)[C@@H]3CC[C@@]21C. The van der Waals surface area contributed by atoms with E-state index in [1.54, 1.807) is 5.57 Å². The maximum atomic E-state index is 10.1. The van der Waals surface area contributed by atoms with Gasteiger partial charge in [-0.3, -0.25) is 0 Å². The average Bonchev–Trinajstić information content (AvgIpc) is 2.85. The van der Waals surface area contributed by atoms with Crippen molar-refractivity contribution >= 4 is 0 Å². The van der Waals surface area contributed by atoms with Gasteiger partial charge < -0.3 is 5.11 Å². The Kier molecular flexibility index (Phi) is 3.76. The second-order valence-corrected chi connectivity index (χ2v) is 10.1. The first kappa shape index (κ1) is 16.2. The number of aliphatic hydroxyl groups is 1. The molecule has 4 rings (SSSR count). The summed E-state index contributed by atoms with van der Waals surface area (Å²) in [6.07, 6.45) is 12.8. The third-order valence-electron chi connectivity index (χ3n) is 8.96. The van der Waals surface area contributed by atoms with Crippen molar-refractivity contribution in [3.05, 3.63) is 11.6 Å². The number of fused-ring (bicyclic) bond motifs is 5. The first-order chi connectivity index (χ1) is 10.9. The molecule has 0 aliphatic heterocycles. The van der Waals surface area contributed by atoms with Crippen molar-refractivity contribution in [2.45, 2.75) is 85.2 Å². The lowest BCUT2D eigenvalue weighted by Gasteiger charge is -2.58. The van der Waals surface area contributed by atoms with Gasteiger partial charge in [0, 0.05) is 0 Å². The van der Waals surface area contributed by atoms with E-state index in [0.717, 1.165) is 42.4 Å². The van der Waals surface area contributed by atoms with E-state index < -0.39 is 0 Å². The monoisotopic (exact) mass is 316 g/mol. The molecule has 0 bridgehead atoms. The molecule has 3 saturated carbocycles. The summed E-state index contributed by atoms with van der Waals surface area (Å²) in [6.45, 7) is 10.1. The lowest BCUT2D eigenvalue weighted by atomic mass is 9.47. The number of allylic oxidation sites excluding steroid dienone is 1. The lowest BCUT2D eigenvalue weighted by Crippen LogP contribution is -2.50. The maximum Gasteiger partial charge on any atom is 0.0577 e. The zero-order valence-electron chi connectivity index (χ0n) is 15.6. The van der Waals surface area contributed by atoms with E-state index in [-0.39, 0.29) is 6.10 Å². The van der Waals surface area contributed by atoms with E-state index in [1.807, 2.05) is 0 Å². The number of aliphatic hydroxyl groups excluding tert-OH is 1. The molecule has 0 aromatic rings. The Hall–Kier alpha value is -0.300. The van der Waals surface area contributed by atoms with Gasteiger partial charge >= 0.3 is 0 Å². The summed E-state index contributed by atoms with van der Waals surface area (Å²) >= 11 is 0. The standard InChI is InChI=1S/C22H36O/c1-14(2)18-7-8-19-17-6-5-15-13-16(23)9-11-21(15,3)20(17)10-12-22(18,19)4/h5,14,16-20,23H,6-13H2,1-4H3/t16-,17-,18+,19-,20-,21-,22-/m1/s1. The van der Waals surface area contributed by atoms with E-state index in [1.165, 1.54) is 38.5 Å². The molecule has 1 N–H and O–H groups in total. The van der Waals surface area contributed by atoms with Gasteiger partial charge in [0.25, 0.3) is 0 Å². The van der Waals surface area contributed by atoms with Gasteiger partial charge in [0.1, 0.15) is 0 Å². The van der Waals surface area contributed by atoms with Gasteiger partial charge in [0.05, 0.1) is 6.10 Å². The van der Waals surface area contributed by atoms with Crippen LogP contribution in [0.3, 0.4) is 0 Å². The molecule has 4 aliphatic carbocycles. The molecule has 0 spiro atoms. The van der Waals surface area contributed by atoms with Crippen molar-refractivity contribution in [2.24, 2.45) is 40.4 Å². The molecule has 1 heteroatoms. The summed E-state index contributed by atoms with van der Waals surface area (Å²) in [7, 11) is 0. The highest BCUT2D eigenvalue weighted by Gasteiger charge is 2.58. The number of hydrogen-bond acceptors (Lipinski definition) is 1.